The number of hydrogen-bond acceptors (Lipinski definition) is 4. The van der Waals surface area contributed by atoms with Gasteiger partial charge in [-0.3, -0.25) is 0 Å². The van der Waals surface area contributed by atoms with Crippen molar-refractivity contribution in [3.8, 4) is 5.75 Å². The van der Waals surface area contributed by atoms with Crippen molar-refractivity contribution >= 4 is 7.12 Å². The fourth-order valence-electron chi connectivity index (χ4n) is 2.13. The summed E-state index contributed by atoms with van der Waals surface area (Å²) < 4.78 is 23.8. The van der Waals surface area contributed by atoms with Crippen LogP contribution in [0.3, 0.4) is 0 Å². The summed E-state index contributed by atoms with van der Waals surface area (Å²) in [6.07, 6.45) is 1.84. The molecule has 1 unspecified atom stereocenters. The smallest absolute Gasteiger partial charge is 0.491 e. The molecule has 0 fully saturated rings. The Morgan fingerprint density at radius 3 is 2.95 bits per heavy atom. The van der Waals surface area contributed by atoms with Gasteiger partial charge in [-0.05, 0) is 35.2 Å². The Hall–Kier alpha value is -1.63. The van der Waals surface area contributed by atoms with E-state index in [0.29, 0.717) is 29.6 Å². The van der Waals surface area contributed by atoms with Crippen LogP contribution in [0.25, 0.3) is 0 Å². The number of ether oxygens (including phenoxy) is 1. The number of phenols is 1. The standard InChI is InChI=1S/C14H16BFO4/c1-9(8-19-2)11-4-6-14(20-15(11)18)10-3-5-13(17)12(16)7-10/h3-5,7,14,17-18H,1,6,8H2,2H3. The van der Waals surface area contributed by atoms with Gasteiger partial charge in [0.2, 0.25) is 0 Å². The van der Waals surface area contributed by atoms with Crippen LogP contribution in [0.4, 0.5) is 4.39 Å². The van der Waals surface area contributed by atoms with Gasteiger partial charge >= 0.3 is 7.12 Å². The minimum Gasteiger partial charge on any atom is -0.505 e. The number of halogens is 1. The molecule has 0 radical (unpaired) electrons. The number of benzene rings is 1. The summed E-state index contributed by atoms with van der Waals surface area (Å²) in [6.45, 7) is 4.13. The molecule has 6 heteroatoms. The lowest BCUT2D eigenvalue weighted by molar-refractivity contribution is 0.166. The van der Waals surface area contributed by atoms with Crippen LogP contribution in [0, 0.1) is 5.82 Å². The van der Waals surface area contributed by atoms with Gasteiger partial charge in [0, 0.05) is 7.11 Å². The maximum Gasteiger partial charge on any atom is 0.491 e. The topological polar surface area (TPSA) is 58.9 Å². The van der Waals surface area contributed by atoms with Gasteiger partial charge < -0.3 is 19.5 Å². The van der Waals surface area contributed by atoms with Crippen molar-refractivity contribution < 1.29 is 23.9 Å². The molecule has 20 heavy (non-hydrogen) atoms. The monoisotopic (exact) mass is 278 g/mol. The van der Waals surface area contributed by atoms with E-state index in [1.807, 2.05) is 6.08 Å². The van der Waals surface area contributed by atoms with Crippen LogP contribution in [0.5, 0.6) is 5.75 Å². The molecule has 1 atom stereocenters. The van der Waals surface area contributed by atoms with Crippen LogP contribution in [0.2, 0.25) is 0 Å². The normalized spacial score (nSPS) is 18.9. The summed E-state index contributed by atoms with van der Waals surface area (Å²) in [6, 6.07) is 4.04. The highest BCUT2D eigenvalue weighted by Crippen LogP contribution is 2.32. The molecule has 0 bridgehead atoms. The van der Waals surface area contributed by atoms with Crippen molar-refractivity contribution in [1.82, 2.24) is 0 Å². The lowest BCUT2D eigenvalue weighted by Gasteiger charge is -2.26. The molecule has 1 aliphatic heterocycles. The predicted molar refractivity (Wildman–Crippen MR) is 73.6 cm³/mol. The molecule has 2 rings (SSSR count). The molecule has 1 heterocycles. The molecule has 0 saturated carbocycles. The molecule has 1 aromatic carbocycles. The molecular formula is C14H16BFO4. The molecule has 0 saturated heterocycles. The molecule has 1 aliphatic rings. The summed E-state index contributed by atoms with van der Waals surface area (Å²) in [5.41, 5.74) is 1.80. The Balaban J connectivity index is 2.15. The predicted octanol–water partition coefficient (Wildman–Crippen LogP) is 2.14. The quantitative estimate of drug-likeness (QED) is 0.828. The molecule has 4 nitrogen and oxygen atoms in total. The minimum absolute atomic E-state index is 0.310. The Kier molecular flexibility index (Phi) is 4.59. The third kappa shape index (κ3) is 3.09. The van der Waals surface area contributed by atoms with E-state index >= 15 is 0 Å². The van der Waals surface area contributed by atoms with Crippen LogP contribution in [-0.4, -0.2) is 31.0 Å². The van der Waals surface area contributed by atoms with E-state index in [9.17, 15) is 9.41 Å². The highest BCUT2D eigenvalue weighted by molar-refractivity contribution is 6.54. The molecule has 0 aliphatic carbocycles. The van der Waals surface area contributed by atoms with E-state index in [-0.39, 0.29) is 0 Å². The average molecular weight is 278 g/mol. The molecular weight excluding hydrogens is 262 g/mol. The summed E-state index contributed by atoms with van der Waals surface area (Å²) >= 11 is 0. The minimum atomic E-state index is -1.12. The highest BCUT2D eigenvalue weighted by atomic mass is 19.1. The first-order chi connectivity index (χ1) is 9.52. The zero-order valence-electron chi connectivity index (χ0n) is 11.2. The summed E-state index contributed by atoms with van der Waals surface area (Å²) in [5, 5.41) is 19.1. The SMILES string of the molecule is C=C(COC)C1=CCC(c2ccc(O)c(F)c2)OB1O. The van der Waals surface area contributed by atoms with Crippen LogP contribution in [0.15, 0.2) is 41.9 Å². The number of hydrogen-bond donors (Lipinski definition) is 2. The van der Waals surface area contributed by atoms with E-state index in [1.165, 1.54) is 12.1 Å². The second-order valence-corrected chi connectivity index (χ2v) is 4.62. The zero-order chi connectivity index (χ0) is 14.7. The maximum absolute atomic E-state index is 13.3. The third-order valence-corrected chi connectivity index (χ3v) is 3.18. The van der Waals surface area contributed by atoms with Crippen molar-refractivity contribution in [2.75, 3.05) is 13.7 Å². The van der Waals surface area contributed by atoms with Gasteiger partial charge in [-0.2, -0.15) is 0 Å². The van der Waals surface area contributed by atoms with Crippen molar-refractivity contribution in [3.63, 3.8) is 0 Å². The Labute approximate surface area is 117 Å². The van der Waals surface area contributed by atoms with Crippen molar-refractivity contribution in [3.05, 3.63) is 53.3 Å². The fourth-order valence-corrected chi connectivity index (χ4v) is 2.13. The Morgan fingerprint density at radius 1 is 1.60 bits per heavy atom. The van der Waals surface area contributed by atoms with E-state index in [4.69, 9.17) is 14.5 Å². The van der Waals surface area contributed by atoms with Gasteiger partial charge in [0.25, 0.3) is 0 Å². The Morgan fingerprint density at radius 2 is 2.35 bits per heavy atom. The van der Waals surface area contributed by atoms with E-state index in [0.717, 1.165) is 0 Å². The number of phenolic OH excluding ortho intramolecular Hbond substituents is 1. The second kappa shape index (κ2) is 6.22. The van der Waals surface area contributed by atoms with Gasteiger partial charge in [-0.1, -0.05) is 18.7 Å². The molecule has 1 aromatic rings. The lowest BCUT2D eigenvalue weighted by Crippen LogP contribution is -2.29. The second-order valence-electron chi connectivity index (χ2n) is 4.62. The molecule has 106 valence electrons. The van der Waals surface area contributed by atoms with Crippen molar-refractivity contribution in [2.24, 2.45) is 0 Å². The maximum atomic E-state index is 13.3. The van der Waals surface area contributed by atoms with E-state index in [2.05, 4.69) is 6.58 Å². The first kappa shape index (κ1) is 14.8. The molecule has 0 aromatic heterocycles. The highest BCUT2D eigenvalue weighted by Gasteiger charge is 2.30. The lowest BCUT2D eigenvalue weighted by atomic mass is 9.71. The molecule has 0 amide bonds. The molecule has 2 N–H and O–H groups in total. The first-order valence-corrected chi connectivity index (χ1v) is 6.22. The third-order valence-electron chi connectivity index (χ3n) is 3.18. The van der Waals surface area contributed by atoms with E-state index < -0.39 is 24.8 Å². The summed E-state index contributed by atoms with van der Waals surface area (Å²) in [4.78, 5) is 0. The Bertz CT molecular complexity index is 544. The molecule has 0 spiro atoms. The van der Waals surface area contributed by atoms with Gasteiger partial charge in [0.05, 0.1) is 12.7 Å². The number of aromatic hydroxyl groups is 1. The summed E-state index contributed by atoms with van der Waals surface area (Å²) in [5.74, 6) is -1.12. The van der Waals surface area contributed by atoms with Gasteiger partial charge in [-0.15, -0.1) is 0 Å². The fraction of sp³-hybridized carbons (Fsp3) is 0.286. The van der Waals surface area contributed by atoms with Gasteiger partial charge in [0.15, 0.2) is 11.6 Å². The summed E-state index contributed by atoms with van der Waals surface area (Å²) in [7, 11) is 0.428. The van der Waals surface area contributed by atoms with Gasteiger partial charge in [-0.25, -0.2) is 4.39 Å². The van der Waals surface area contributed by atoms with Gasteiger partial charge in [0.1, 0.15) is 0 Å². The average Bonchev–Trinajstić information content (AvgIpc) is 2.42. The van der Waals surface area contributed by atoms with E-state index in [1.54, 1.807) is 13.2 Å². The zero-order valence-corrected chi connectivity index (χ0v) is 11.2. The van der Waals surface area contributed by atoms with Crippen LogP contribution < -0.4 is 0 Å². The number of methoxy groups -OCH3 is 1. The van der Waals surface area contributed by atoms with Crippen LogP contribution in [0.1, 0.15) is 18.1 Å². The largest absolute Gasteiger partial charge is 0.505 e. The van der Waals surface area contributed by atoms with Crippen molar-refractivity contribution in [2.45, 2.75) is 12.5 Å². The number of rotatable bonds is 4. The first-order valence-electron chi connectivity index (χ1n) is 6.22. The van der Waals surface area contributed by atoms with Crippen LogP contribution in [-0.2, 0) is 9.39 Å². The van der Waals surface area contributed by atoms with Crippen molar-refractivity contribution in [1.29, 1.82) is 0 Å². The van der Waals surface area contributed by atoms with Crippen LogP contribution >= 0.6 is 0 Å².